The smallest absolute Gasteiger partial charge is 0.165 e. The van der Waals surface area contributed by atoms with Crippen molar-refractivity contribution in [2.45, 2.75) is 39.7 Å². The van der Waals surface area contributed by atoms with Crippen LogP contribution in [0.15, 0.2) is 18.2 Å². The van der Waals surface area contributed by atoms with Gasteiger partial charge in [-0.1, -0.05) is 26.8 Å². The summed E-state index contributed by atoms with van der Waals surface area (Å²) in [6.07, 6.45) is 1.01. The maximum Gasteiger partial charge on any atom is 0.165 e. The van der Waals surface area contributed by atoms with E-state index in [4.69, 9.17) is 4.74 Å². The van der Waals surface area contributed by atoms with Gasteiger partial charge in [-0.3, -0.25) is 0 Å². The van der Waals surface area contributed by atoms with E-state index in [0.717, 1.165) is 6.42 Å². The fraction of sp³-hybridized carbons (Fsp3) is 0.571. The van der Waals surface area contributed by atoms with Gasteiger partial charge in [0.05, 0.1) is 13.2 Å². The number of halogens is 1. The van der Waals surface area contributed by atoms with Gasteiger partial charge in [-0.05, 0) is 36.0 Å². The molecule has 0 radical (unpaired) electrons. The Labute approximate surface area is 102 Å². The Hall–Kier alpha value is -1.09. The van der Waals surface area contributed by atoms with Crippen molar-refractivity contribution in [1.29, 1.82) is 0 Å². The van der Waals surface area contributed by atoms with Crippen molar-refractivity contribution >= 4 is 0 Å². The van der Waals surface area contributed by atoms with Gasteiger partial charge in [0.15, 0.2) is 11.6 Å². The summed E-state index contributed by atoms with van der Waals surface area (Å²) >= 11 is 0. The molecule has 1 unspecified atom stereocenters. The molecular formula is C14H21FO2. The number of aliphatic hydroxyl groups excluding tert-OH is 1. The second kappa shape index (κ2) is 5.50. The average Bonchev–Trinajstić information content (AvgIpc) is 2.25. The maximum absolute atomic E-state index is 13.2. The van der Waals surface area contributed by atoms with Crippen molar-refractivity contribution in [3.8, 4) is 5.75 Å². The van der Waals surface area contributed by atoms with Gasteiger partial charge in [-0.15, -0.1) is 0 Å². The van der Waals surface area contributed by atoms with Crippen molar-refractivity contribution in [3.63, 3.8) is 0 Å². The summed E-state index contributed by atoms with van der Waals surface area (Å²) in [5, 5.41) is 10.0. The average molecular weight is 240 g/mol. The van der Waals surface area contributed by atoms with Crippen molar-refractivity contribution in [2.75, 3.05) is 7.11 Å². The van der Waals surface area contributed by atoms with E-state index in [1.165, 1.54) is 13.2 Å². The van der Waals surface area contributed by atoms with Crippen LogP contribution in [0.4, 0.5) is 4.39 Å². The Balaban J connectivity index is 2.72. The highest BCUT2D eigenvalue weighted by Gasteiger charge is 2.16. The van der Waals surface area contributed by atoms with E-state index in [1.54, 1.807) is 12.1 Å². The molecule has 3 heteroatoms. The van der Waals surface area contributed by atoms with Crippen molar-refractivity contribution in [1.82, 2.24) is 0 Å². The van der Waals surface area contributed by atoms with Crippen LogP contribution in [0, 0.1) is 11.2 Å². The zero-order chi connectivity index (χ0) is 13.1. The molecule has 0 aliphatic carbocycles. The molecule has 0 saturated carbocycles. The summed E-state index contributed by atoms with van der Waals surface area (Å²) in [5.41, 5.74) is 0.887. The highest BCUT2D eigenvalue weighted by Crippen LogP contribution is 2.29. The molecule has 1 atom stereocenters. The van der Waals surface area contributed by atoms with Crippen LogP contribution >= 0.6 is 0 Å². The van der Waals surface area contributed by atoms with Crippen LogP contribution in [0.1, 0.15) is 45.3 Å². The van der Waals surface area contributed by atoms with Crippen molar-refractivity contribution in [3.05, 3.63) is 29.6 Å². The third-order valence-corrected chi connectivity index (χ3v) is 2.73. The summed E-state index contributed by atoms with van der Waals surface area (Å²) in [6.45, 7) is 6.39. The number of aliphatic hydroxyl groups is 1. The van der Waals surface area contributed by atoms with Crippen LogP contribution < -0.4 is 4.74 Å². The molecule has 0 saturated heterocycles. The van der Waals surface area contributed by atoms with E-state index in [9.17, 15) is 9.50 Å². The maximum atomic E-state index is 13.2. The van der Waals surface area contributed by atoms with E-state index >= 15 is 0 Å². The van der Waals surface area contributed by atoms with Crippen LogP contribution in [-0.4, -0.2) is 12.2 Å². The van der Waals surface area contributed by atoms with Gasteiger partial charge in [-0.25, -0.2) is 4.39 Å². The normalized spacial score (nSPS) is 13.5. The quantitative estimate of drug-likeness (QED) is 0.869. The van der Waals surface area contributed by atoms with Gasteiger partial charge in [0.1, 0.15) is 0 Å². The first-order valence-corrected chi connectivity index (χ1v) is 5.85. The van der Waals surface area contributed by atoms with Crippen molar-refractivity contribution < 1.29 is 14.2 Å². The lowest BCUT2D eigenvalue weighted by molar-refractivity contribution is 0.147. The van der Waals surface area contributed by atoms with Crippen LogP contribution in [0.3, 0.4) is 0 Å². The molecule has 0 aromatic heterocycles. The number of hydrogen-bond donors (Lipinski definition) is 1. The van der Waals surface area contributed by atoms with Crippen LogP contribution in [0.2, 0.25) is 0 Å². The molecule has 0 aliphatic rings. The monoisotopic (exact) mass is 240 g/mol. The van der Waals surface area contributed by atoms with Crippen LogP contribution in [0.25, 0.3) is 0 Å². The fourth-order valence-electron chi connectivity index (χ4n) is 1.62. The number of benzene rings is 1. The number of ether oxygens (including phenoxy) is 1. The lowest BCUT2D eigenvalue weighted by Gasteiger charge is -2.20. The van der Waals surface area contributed by atoms with Gasteiger partial charge in [0.25, 0.3) is 0 Å². The molecule has 2 nitrogen and oxygen atoms in total. The molecule has 0 fully saturated rings. The zero-order valence-corrected chi connectivity index (χ0v) is 11.0. The first-order chi connectivity index (χ1) is 7.83. The van der Waals surface area contributed by atoms with Gasteiger partial charge in [0.2, 0.25) is 0 Å². The molecule has 96 valence electrons. The van der Waals surface area contributed by atoms with Crippen LogP contribution in [0.5, 0.6) is 5.75 Å². The number of hydrogen-bond acceptors (Lipinski definition) is 2. The van der Waals surface area contributed by atoms with Crippen LogP contribution in [-0.2, 0) is 0 Å². The second-order valence-corrected chi connectivity index (χ2v) is 5.51. The standard InChI is InChI=1S/C14H21FO2/c1-14(2,3)8-7-12(16)10-5-6-11(15)13(9-10)17-4/h5-6,9,12,16H,7-8H2,1-4H3. The first-order valence-electron chi connectivity index (χ1n) is 5.85. The lowest BCUT2D eigenvalue weighted by atomic mass is 9.88. The van der Waals surface area contributed by atoms with Gasteiger partial charge >= 0.3 is 0 Å². The molecule has 0 amide bonds. The molecule has 0 bridgehead atoms. The fourth-order valence-corrected chi connectivity index (χ4v) is 1.62. The SMILES string of the molecule is COc1cc(C(O)CCC(C)(C)C)ccc1F. The lowest BCUT2D eigenvalue weighted by Crippen LogP contribution is -2.08. The topological polar surface area (TPSA) is 29.5 Å². The highest BCUT2D eigenvalue weighted by atomic mass is 19.1. The minimum atomic E-state index is -0.566. The molecule has 1 aromatic rings. The number of methoxy groups -OCH3 is 1. The highest BCUT2D eigenvalue weighted by molar-refractivity contribution is 5.31. The minimum absolute atomic E-state index is 0.178. The first kappa shape index (κ1) is 14.0. The third-order valence-electron chi connectivity index (χ3n) is 2.73. The summed E-state index contributed by atoms with van der Waals surface area (Å²) in [4.78, 5) is 0. The molecule has 0 heterocycles. The molecule has 0 spiro atoms. The summed E-state index contributed by atoms with van der Waals surface area (Å²) in [6, 6.07) is 4.49. The summed E-state index contributed by atoms with van der Waals surface area (Å²) < 4.78 is 18.1. The second-order valence-electron chi connectivity index (χ2n) is 5.51. The summed E-state index contributed by atoms with van der Waals surface area (Å²) in [7, 11) is 1.42. The number of rotatable bonds is 4. The molecule has 1 N–H and O–H groups in total. The van der Waals surface area contributed by atoms with Crippen molar-refractivity contribution in [2.24, 2.45) is 5.41 Å². The van der Waals surface area contributed by atoms with Gasteiger partial charge < -0.3 is 9.84 Å². The Bertz CT molecular complexity index is 369. The van der Waals surface area contributed by atoms with E-state index in [2.05, 4.69) is 20.8 Å². The van der Waals surface area contributed by atoms with E-state index in [0.29, 0.717) is 12.0 Å². The van der Waals surface area contributed by atoms with Gasteiger partial charge in [-0.2, -0.15) is 0 Å². The Morgan fingerprint density at radius 1 is 1.35 bits per heavy atom. The zero-order valence-electron chi connectivity index (χ0n) is 11.0. The predicted octanol–water partition coefficient (Wildman–Crippen LogP) is 3.69. The van der Waals surface area contributed by atoms with E-state index in [-0.39, 0.29) is 11.2 Å². The molecule has 1 aromatic carbocycles. The minimum Gasteiger partial charge on any atom is -0.494 e. The Morgan fingerprint density at radius 3 is 2.53 bits per heavy atom. The van der Waals surface area contributed by atoms with E-state index < -0.39 is 11.9 Å². The Morgan fingerprint density at radius 2 is 2.00 bits per heavy atom. The summed E-state index contributed by atoms with van der Waals surface area (Å²) in [5.74, 6) is -0.225. The predicted molar refractivity (Wildman–Crippen MR) is 66.6 cm³/mol. The van der Waals surface area contributed by atoms with Gasteiger partial charge in [0, 0.05) is 0 Å². The van der Waals surface area contributed by atoms with E-state index in [1.807, 2.05) is 0 Å². The largest absolute Gasteiger partial charge is 0.494 e. The Kier molecular flexibility index (Phi) is 4.52. The molecule has 17 heavy (non-hydrogen) atoms. The molecule has 1 rings (SSSR count). The molecule has 0 aliphatic heterocycles. The molecular weight excluding hydrogens is 219 g/mol. The third kappa shape index (κ3) is 4.35.